The third-order valence-corrected chi connectivity index (χ3v) is 1.75. The first-order valence-corrected chi connectivity index (χ1v) is 4.48. The fraction of sp³-hybridized carbons (Fsp3) is 0.200. The summed E-state index contributed by atoms with van der Waals surface area (Å²) in [7, 11) is 0. The van der Waals surface area contributed by atoms with Crippen LogP contribution in [0.4, 0.5) is 13.2 Å². The van der Waals surface area contributed by atoms with E-state index in [1.807, 2.05) is 0 Å². The first kappa shape index (κ1) is 13.0. The molecule has 1 amide bonds. The molecule has 17 heavy (non-hydrogen) atoms. The number of halogens is 3. The Morgan fingerprint density at radius 2 is 2.18 bits per heavy atom. The van der Waals surface area contributed by atoms with Crippen LogP contribution < -0.4 is 10.5 Å². The molecule has 92 valence electrons. The van der Waals surface area contributed by atoms with Gasteiger partial charge < -0.3 is 10.5 Å². The maximum atomic E-state index is 12.4. The molecule has 1 heterocycles. The molecular formula is C10H9F3N2O2. The van der Waals surface area contributed by atoms with Gasteiger partial charge >= 0.3 is 6.18 Å². The first-order valence-electron chi connectivity index (χ1n) is 4.48. The van der Waals surface area contributed by atoms with Gasteiger partial charge in [-0.25, -0.2) is 4.98 Å². The van der Waals surface area contributed by atoms with Gasteiger partial charge in [-0.15, -0.1) is 0 Å². The molecule has 1 aromatic heterocycles. The van der Waals surface area contributed by atoms with Crippen LogP contribution in [0.3, 0.4) is 0 Å². The zero-order valence-corrected chi connectivity index (χ0v) is 8.62. The van der Waals surface area contributed by atoms with Crippen molar-refractivity contribution in [3.05, 3.63) is 36.0 Å². The SMILES string of the molecule is C=CCOc1nc(C(F)(F)F)ccc1C(N)=O. The largest absolute Gasteiger partial charge is 0.473 e. The van der Waals surface area contributed by atoms with Crippen molar-refractivity contribution in [2.24, 2.45) is 5.73 Å². The molecular weight excluding hydrogens is 237 g/mol. The highest BCUT2D eigenvalue weighted by atomic mass is 19.4. The lowest BCUT2D eigenvalue weighted by atomic mass is 10.2. The van der Waals surface area contributed by atoms with Crippen molar-refractivity contribution < 1.29 is 22.7 Å². The van der Waals surface area contributed by atoms with Crippen molar-refractivity contribution in [3.8, 4) is 5.88 Å². The number of ether oxygens (including phenoxy) is 1. The summed E-state index contributed by atoms with van der Waals surface area (Å²) in [6.07, 6.45) is -3.30. The molecule has 2 N–H and O–H groups in total. The van der Waals surface area contributed by atoms with Crippen LogP contribution in [-0.4, -0.2) is 17.5 Å². The van der Waals surface area contributed by atoms with Crippen LogP contribution in [0.2, 0.25) is 0 Å². The molecule has 0 spiro atoms. The lowest BCUT2D eigenvalue weighted by Gasteiger charge is -2.10. The van der Waals surface area contributed by atoms with Crippen LogP contribution >= 0.6 is 0 Å². The second kappa shape index (κ2) is 4.86. The van der Waals surface area contributed by atoms with Gasteiger partial charge in [-0.1, -0.05) is 12.7 Å². The third kappa shape index (κ3) is 3.20. The molecule has 0 bridgehead atoms. The van der Waals surface area contributed by atoms with E-state index in [1.54, 1.807) is 0 Å². The zero-order valence-electron chi connectivity index (χ0n) is 8.62. The summed E-state index contributed by atoms with van der Waals surface area (Å²) in [6.45, 7) is 3.26. The van der Waals surface area contributed by atoms with Gasteiger partial charge in [-0.2, -0.15) is 13.2 Å². The number of rotatable bonds is 4. The molecule has 0 radical (unpaired) electrons. The highest BCUT2D eigenvalue weighted by molar-refractivity contribution is 5.95. The Morgan fingerprint density at radius 1 is 1.53 bits per heavy atom. The number of aromatic nitrogens is 1. The smallest absolute Gasteiger partial charge is 0.433 e. The summed E-state index contributed by atoms with van der Waals surface area (Å²) >= 11 is 0. The van der Waals surface area contributed by atoms with E-state index in [2.05, 4.69) is 11.6 Å². The van der Waals surface area contributed by atoms with Gasteiger partial charge in [-0.3, -0.25) is 4.79 Å². The second-order valence-corrected chi connectivity index (χ2v) is 3.01. The Hall–Kier alpha value is -2.05. The van der Waals surface area contributed by atoms with E-state index in [0.29, 0.717) is 6.07 Å². The number of nitrogens with zero attached hydrogens (tertiary/aromatic N) is 1. The highest BCUT2D eigenvalue weighted by Gasteiger charge is 2.33. The number of hydrogen-bond donors (Lipinski definition) is 1. The number of hydrogen-bond acceptors (Lipinski definition) is 3. The molecule has 1 aromatic rings. The minimum Gasteiger partial charge on any atom is -0.473 e. The monoisotopic (exact) mass is 246 g/mol. The van der Waals surface area contributed by atoms with Gasteiger partial charge in [-0.05, 0) is 12.1 Å². The van der Waals surface area contributed by atoms with Gasteiger partial charge in [0.15, 0.2) is 0 Å². The van der Waals surface area contributed by atoms with E-state index >= 15 is 0 Å². The van der Waals surface area contributed by atoms with Crippen LogP contribution in [0, 0.1) is 0 Å². The van der Waals surface area contributed by atoms with E-state index in [4.69, 9.17) is 10.5 Å². The van der Waals surface area contributed by atoms with E-state index in [0.717, 1.165) is 6.07 Å². The molecule has 0 saturated heterocycles. The van der Waals surface area contributed by atoms with Crippen LogP contribution in [0.15, 0.2) is 24.8 Å². The summed E-state index contributed by atoms with van der Waals surface area (Å²) in [5, 5.41) is 0. The number of amides is 1. The fourth-order valence-electron chi connectivity index (χ4n) is 1.03. The average molecular weight is 246 g/mol. The van der Waals surface area contributed by atoms with Crippen LogP contribution in [-0.2, 0) is 6.18 Å². The van der Waals surface area contributed by atoms with Crippen molar-refractivity contribution in [1.82, 2.24) is 4.98 Å². The molecule has 0 aliphatic carbocycles. The van der Waals surface area contributed by atoms with Crippen molar-refractivity contribution in [3.63, 3.8) is 0 Å². The van der Waals surface area contributed by atoms with Gasteiger partial charge in [0.1, 0.15) is 17.9 Å². The fourth-order valence-corrected chi connectivity index (χ4v) is 1.03. The molecule has 0 fully saturated rings. The predicted octanol–water partition coefficient (Wildman–Crippen LogP) is 1.76. The van der Waals surface area contributed by atoms with Crippen molar-refractivity contribution >= 4 is 5.91 Å². The van der Waals surface area contributed by atoms with E-state index in [9.17, 15) is 18.0 Å². The summed E-state index contributed by atoms with van der Waals surface area (Å²) in [5.74, 6) is -1.36. The maximum Gasteiger partial charge on any atom is 0.433 e. The molecule has 0 aromatic carbocycles. The van der Waals surface area contributed by atoms with E-state index in [1.165, 1.54) is 6.08 Å². The molecule has 4 nitrogen and oxygen atoms in total. The summed E-state index contributed by atoms with van der Waals surface area (Å²) in [4.78, 5) is 14.1. The number of alkyl halides is 3. The molecule has 0 atom stereocenters. The molecule has 0 aliphatic heterocycles. The standard InChI is InChI=1S/C10H9F3N2O2/c1-2-5-17-9-6(8(14)16)3-4-7(15-9)10(11,12)13/h2-4H,1,5H2,(H2,14,16). The zero-order chi connectivity index (χ0) is 13.1. The molecule has 1 rings (SSSR count). The molecule has 0 unspecified atom stereocenters. The Bertz CT molecular complexity index is 444. The third-order valence-electron chi connectivity index (χ3n) is 1.75. The number of carbonyl (C=O) groups is 1. The Morgan fingerprint density at radius 3 is 2.65 bits per heavy atom. The van der Waals surface area contributed by atoms with Gasteiger partial charge in [0, 0.05) is 0 Å². The topological polar surface area (TPSA) is 65.2 Å². The number of primary amides is 1. The van der Waals surface area contributed by atoms with Gasteiger partial charge in [0.2, 0.25) is 5.88 Å². The Labute approximate surface area is 94.9 Å². The van der Waals surface area contributed by atoms with Crippen LogP contribution in [0.25, 0.3) is 0 Å². The average Bonchev–Trinajstić information content (AvgIpc) is 2.24. The minimum absolute atomic E-state index is 0.0748. The van der Waals surface area contributed by atoms with Crippen molar-refractivity contribution in [1.29, 1.82) is 0 Å². The summed E-state index contributed by atoms with van der Waals surface area (Å²) < 4.78 is 42.0. The highest BCUT2D eigenvalue weighted by Crippen LogP contribution is 2.30. The summed E-state index contributed by atoms with van der Waals surface area (Å²) in [5.41, 5.74) is 3.62. The molecule has 0 saturated carbocycles. The first-order chi connectivity index (χ1) is 7.86. The van der Waals surface area contributed by atoms with Gasteiger partial charge in [0.25, 0.3) is 5.91 Å². The number of nitrogens with two attached hydrogens (primary N) is 1. The van der Waals surface area contributed by atoms with E-state index < -0.39 is 23.7 Å². The predicted molar refractivity (Wildman–Crippen MR) is 53.4 cm³/mol. The Kier molecular flexibility index (Phi) is 3.72. The molecule has 0 aliphatic rings. The second-order valence-electron chi connectivity index (χ2n) is 3.01. The Balaban J connectivity index is 3.19. The number of carbonyl (C=O) groups excluding carboxylic acids is 1. The summed E-state index contributed by atoms with van der Waals surface area (Å²) in [6, 6.07) is 1.59. The minimum atomic E-state index is -4.61. The number of pyridine rings is 1. The lowest BCUT2D eigenvalue weighted by Crippen LogP contribution is -2.16. The van der Waals surface area contributed by atoms with Crippen LogP contribution in [0.1, 0.15) is 16.1 Å². The lowest BCUT2D eigenvalue weighted by molar-refractivity contribution is -0.141. The molecule has 7 heteroatoms. The van der Waals surface area contributed by atoms with E-state index in [-0.39, 0.29) is 12.2 Å². The quantitative estimate of drug-likeness (QED) is 0.823. The van der Waals surface area contributed by atoms with Crippen molar-refractivity contribution in [2.75, 3.05) is 6.61 Å². The van der Waals surface area contributed by atoms with Gasteiger partial charge in [0.05, 0.1) is 0 Å². The van der Waals surface area contributed by atoms with Crippen LogP contribution in [0.5, 0.6) is 5.88 Å². The maximum absolute atomic E-state index is 12.4. The van der Waals surface area contributed by atoms with Crippen molar-refractivity contribution in [2.45, 2.75) is 6.18 Å². The normalized spacial score (nSPS) is 11.0.